The predicted octanol–water partition coefficient (Wildman–Crippen LogP) is 4.14. The van der Waals surface area contributed by atoms with Crippen molar-refractivity contribution in [1.29, 1.82) is 0 Å². The molecule has 0 unspecified atom stereocenters. The lowest BCUT2D eigenvalue weighted by molar-refractivity contribution is 0.577. The van der Waals surface area contributed by atoms with E-state index in [9.17, 15) is 0 Å². The molecular weight excluding hydrogens is 222 g/mol. The molecule has 0 saturated carbocycles. The van der Waals surface area contributed by atoms with E-state index in [1.54, 1.807) is 0 Å². The SMILES string of the molecule is CCCNC/C(C)=C/c1c(C)oc2ccccc12. The van der Waals surface area contributed by atoms with E-state index in [4.69, 9.17) is 4.42 Å². The first-order chi connectivity index (χ1) is 8.72. The molecule has 1 heterocycles. The molecule has 1 N–H and O–H groups in total. The van der Waals surface area contributed by atoms with Crippen LogP contribution in [0.2, 0.25) is 0 Å². The van der Waals surface area contributed by atoms with Gasteiger partial charge in [0.25, 0.3) is 0 Å². The van der Waals surface area contributed by atoms with E-state index in [0.717, 1.165) is 24.4 Å². The molecule has 0 saturated heterocycles. The number of benzene rings is 1. The number of rotatable bonds is 5. The van der Waals surface area contributed by atoms with Crippen molar-refractivity contribution in [1.82, 2.24) is 5.32 Å². The summed E-state index contributed by atoms with van der Waals surface area (Å²) < 4.78 is 5.76. The molecule has 2 rings (SSSR count). The van der Waals surface area contributed by atoms with E-state index in [1.165, 1.54) is 22.9 Å². The fraction of sp³-hybridized carbons (Fsp3) is 0.375. The van der Waals surface area contributed by atoms with E-state index in [1.807, 2.05) is 19.1 Å². The monoisotopic (exact) mass is 243 g/mol. The summed E-state index contributed by atoms with van der Waals surface area (Å²) in [5, 5.41) is 4.61. The van der Waals surface area contributed by atoms with Crippen LogP contribution in [0.1, 0.15) is 31.6 Å². The third kappa shape index (κ3) is 2.82. The van der Waals surface area contributed by atoms with Gasteiger partial charge in [0.15, 0.2) is 0 Å². The molecular formula is C16H21NO. The van der Waals surface area contributed by atoms with Crippen molar-refractivity contribution >= 4 is 17.0 Å². The third-order valence-electron chi connectivity index (χ3n) is 3.04. The fourth-order valence-corrected chi connectivity index (χ4v) is 2.13. The zero-order valence-corrected chi connectivity index (χ0v) is 11.4. The van der Waals surface area contributed by atoms with Crippen LogP contribution in [-0.4, -0.2) is 13.1 Å². The van der Waals surface area contributed by atoms with Gasteiger partial charge >= 0.3 is 0 Å². The average Bonchev–Trinajstić information content (AvgIpc) is 2.67. The summed E-state index contributed by atoms with van der Waals surface area (Å²) in [5.74, 6) is 0.992. The summed E-state index contributed by atoms with van der Waals surface area (Å²) in [7, 11) is 0. The Morgan fingerprint density at radius 2 is 2.11 bits per heavy atom. The molecule has 0 spiro atoms. The van der Waals surface area contributed by atoms with Gasteiger partial charge in [-0.05, 0) is 32.9 Å². The Bertz CT molecular complexity index is 551. The Kier molecular flexibility index (Phi) is 4.21. The molecule has 0 amide bonds. The van der Waals surface area contributed by atoms with Crippen LogP contribution in [-0.2, 0) is 0 Å². The maximum atomic E-state index is 5.76. The molecule has 2 nitrogen and oxygen atoms in total. The zero-order chi connectivity index (χ0) is 13.0. The van der Waals surface area contributed by atoms with Gasteiger partial charge in [0, 0.05) is 17.5 Å². The quantitative estimate of drug-likeness (QED) is 0.798. The van der Waals surface area contributed by atoms with Crippen LogP contribution in [0.15, 0.2) is 34.3 Å². The minimum Gasteiger partial charge on any atom is -0.461 e. The van der Waals surface area contributed by atoms with Gasteiger partial charge in [-0.3, -0.25) is 0 Å². The van der Waals surface area contributed by atoms with Gasteiger partial charge in [-0.2, -0.15) is 0 Å². The molecule has 18 heavy (non-hydrogen) atoms. The van der Waals surface area contributed by atoms with E-state index in [0.29, 0.717) is 0 Å². The van der Waals surface area contributed by atoms with Crippen molar-refractivity contribution in [2.45, 2.75) is 27.2 Å². The third-order valence-corrected chi connectivity index (χ3v) is 3.04. The number of furan rings is 1. The number of para-hydroxylation sites is 1. The number of hydrogen-bond acceptors (Lipinski definition) is 2. The molecule has 0 radical (unpaired) electrons. The molecule has 1 aromatic heterocycles. The summed E-state index contributed by atoms with van der Waals surface area (Å²) in [6.07, 6.45) is 3.39. The molecule has 2 aromatic rings. The second-order valence-corrected chi connectivity index (χ2v) is 4.74. The van der Waals surface area contributed by atoms with Crippen molar-refractivity contribution in [3.8, 4) is 0 Å². The number of aryl methyl sites for hydroxylation is 1. The van der Waals surface area contributed by atoms with Crippen molar-refractivity contribution in [3.63, 3.8) is 0 Å². The highest BCUT2D eigenvalue weighted by molar-refractivity contribution is 5.88. The van der Waals surface area contributed by atoms with Gasteiger partial charge in [-0.25, -0.2) is 0 Å². The van der Waals surface area contributed by atoms with Gasteiger partial charge < -0.3 is 9.73 Å². The Morgan fingerprint density at radius 1 is 1.33 bits per heavy atom. The van der Waals surface area contributed by atoms with Crippen LogP contribution < -0.4 is 5.32 Å². The summed E-state index contributed by atoms with van der Waals surface area (Å²) in [5.41, 5.74) is 3.51. The number of nitrogens with one attached hydrogen (secondary N) is 1. The summed E-state index contributed by atoms with van der Waals surface area (Å²) >= 11 is 0. The molecule has 0 atom stereocenters. The molecule has 0 aliphatic carbocycles. The van der Waals surface area contributed by atoms with Crippen LogP contribution in [0.5, 0.6) is 0 Å². The smallest absolute Gasteiger partial charge is 0.134 e. The predicted molar refractivity (Wildman–Crippen MR) is 77.8 cm³/mol. The molecule has 1 aromatic carbocycles. The minimum atomic E-state index is 0.937. The van der Waals surface area contributed by atoms with Crippen molar-refractivity contribution < 1.29 is 4.42 Å². The van der Waals surface area contributed by atoms with Gasteiger partial charge in [0.05, 0.1) is 0 Å². The van der Waals surface area contributed by atoms with E-state index in [-0.39, 0.29) is 0 Å². The molecule has 2 heteroatoms. The van der Waals surface area contributed by atoms with Gasteiger partial charge in [0.1, 0.15) is 11.3 Å². The van der Waals surface area contributed by atoms with Crippen molar-refractivity contribution in [2.75, 3.05) is 13.1 Å². The van der Waals surface area contributed by atoms with E-state index >= 15 is 0 Å². The van der Waals surface area contributed by atoms with E-state index < -0.39 is 0 Å². The highest BCUT2D eigenvalue weighted by Crippen LogP contribution is 2.27. The van der Waals surface area contributed by atoms with E-state index in [2.05, 4.69) is 37.4 Å². The first-order valence-corrected chi connectivity index (χ1v) is 6.58. The Labute approximate surface area is 109 Å². The van der Waals surface area contributed by atoms with Crippen LogP contribution in [0.4, 0.5) is 0 Å². The standard InChI is InChI=1S/C16H21NO/c1-4-9-17-11-12(2)10-15-13(3)18-16-8-6-5-7-14(15)16/h5-8,10,17H,4,9,11H2,1-3H3/b12-10+. The summed E-state index contributed by atoms with van der Waals surface area (Å²) in [6.45, 7) is 8.37. The lowest BCUT2D eigenvalue weighted by Gasteiger charge is -2.03. The lowest BCUT2D eigenvalue weighted by Crippen LogP contribution is -2.16. The Morgan fingerprint density at radius 3 is 2.89 bits per heavy atom. The van der Waals surface area contributed by atoms with Crippen molar-refractivity contribution in [3.05, 3.63) is 41.2 Å². The summed E-state index contributed by atoms with van der Waals surface area (Å²) in [6, 6.07) is 8.20. The normalized spacial score (nSPS) is 12.3. The second-order valence-electron chi connectivity index (χ2n) is 4.74. The second kappa shape index (κ2) is 5.87. The summed E-state index contributed by atoms with van der Waals surface area (Å²) in [4.78, 5) is 0. The highest BCUT2D eigenvalue weighted by atomic mass is 16.3. The first kappa shape index (κ1) is 12.9. The Hall–Kier alpha value is -1.54. The average molecular weight is 243 g/mol. The largest absolute Gasteiger partial charge is 0.461 e. The first-order valence-electron chi connectivity index (χ1n) is 6.58. The van der Waals surface area contributed by atoms with Crippen LogP contribution in [0, 0.1) is 6.92 Å². The molecule has 0 bridgehead atoms. The topological polar surface area (TPSA) is 25.2 Å². The van der Waals surface area contributed by atoms with Crippen LogP contribution in [0.25, 0.3) is 17.0 Å². The maximum absolute atomic E-state index is 5.76. The highest BCUT2D eigenvalue weighted by Gasteiger charge is 2.07. The minimum absolute atomic E-state index is 0.937. The van der Waals surface area contributed by atoms with Gasteiger partial charge in [-0.15, -0.1) is 0 Å². The number of hydrogen-bond donors (Lipinski definition) is 1. The lowest BCUT2D eigenvalue weighted by atomic mass is 10.1. The molecule has 0 fully saturated rings. The molecule has 0 aliphatic heterocycles. The Balaban J connectivity index is 2.25. The zero-order valence-electron chi connectivity index (χ0n) is 11.4. The fourth-order valence-electron chi connectivity index (χ4n) is 2.13. The maximum Gasteiger partial charge on any atom is 0.134 e. The van der Waals surface area contributed by atoms with Gasteiger partial charge in [-0.1, -0.05) is 36.8 Å². The molecule has 96 valence electrons. The van der Waals surface area contributed by atoms with Crippen LogP contribution >= 0.6 is 0 Å². The van der Waals surface area contributed by atoms with Crippen LogP contribution in [0.3, 0.4) is 0 Å². The number of fused-ring (bicyclic) bond motifs is 1. The van der Waals surface area contributed by atoms with Crippen molar-refractivity contribution in [2.24, 2.45) is 0 Å². The molecule has 0 aliphatic rings. The van der Waals surface area contributed by atoms with Gasteiger partial charge in [0.2, 0.25) is 0 Å².